The van der Waals surface area contributed by atoms with Gasteiger partial charge in [-0.15, -0.1) is 0 Å². The van der Waals surface area contributed by atoms with Crippen LogP contribution >= 0.6 is 0 Å². The Labute approximate surface area is 152 Å². The maximum absolute atomic E-state index is 7.67. The molecule has 120 valence electrons. The SMILES string of the molecule is [2H]C([2H])([2H])c1ccc(-c2cc3c4c(cccc4c2C)-c2ccccc2-3)[n+](C)c1. The molecule has 25 heavy (non-hydrogen) atoms. The molecule has 0 saturated heterocycles. The van der Waals surface area contributed by atoms with Gasteiger partial charge in [0.2, 0.25) is 5.69 Å². The van der Waals surface area contributed by atoms with E-state index in [1.54, 1.807) is 12.3 Å². The Morgan fingerprint density at radius 1 is 0.800 bits per heavy atom. The fourth-order valence-corrected chi connectivity index (χ4v) is 4.17. The van der Waals surface area contributed by atoms with Gasteiger partial charge in [0.25, 0.3) is 0 Å². The van der Waals surface area contributed by atoms with Crippen LogP contribution in [0.15, 0.2) is 66.9 Å². The number of hydrogen-bond donors (Lipinski definition) is 0. The lowest BCUT2D eigenvalue weighted by Crippen LogP contribution is -2.31. The zero-order chi connectivity index (χ0) is 19.6. The van der Waals surface area contributed by atoms with E-state index in [4.69, 9.17) is 4.11 Å². The van der Waals surface area contributed by atoms with Crippen LogP contribution in [0.4, 0.5) is 0 Å². The van der Waals surface area contributed by atoms with Gasteiger partial charge in [0.05, 0.1) is 5.56 Å². The average Bonchev–Trinajstić information content (AvgIpc) is 2.99. The number of aryl methyl sites for hydroxylation is 3. The van der Waals surface area contributed by atoms with E-state index < -0.39 is 6.85 Å². The van der Waals surface area contributed by atoms with Gasteiger partial charge in [-0.25, -0.2) is 4.57 Å². The van der Waals surface area contributed by atoms with E-state index in [1.807, 2.05) is 17.7 Å². The molecule has 0 amide bonds. The summed E-state index contributed by atoms with van der Waals surface area (Å²) in [6, 6.07) is 20.9. The van der Waals surface area contributed by atoms with Crippen molar-refractivity contribution in [3.05, 3.63) is 78.0 Å². The largest absolute Gasteiger partial charge is 0.212 e. The molecule has 0 fully saturated rings. The van der Waals surface area contributed by atoms with Gasteiger partial charge < -0.3 is 0 Å². The summed E-state index contributed by atoms with van der Waals surface area (Å²) >= 11 is 0. The van der Waals surface area contributed by atoms with E-state index in [9.17, 15) is 0 Å². The Hall–Kier alpha value is -2.93. The molecule has 0 saturated carbocycles. The molecule has 1 aliphatic carbocycles. The maximum atomic E-state index is 7.67. The minimum absolute atomic E-state index is 0.356. The Bertz CT molecular complexity index is 1270. The lowest BCUT2D eigenvalue weighted by molar-refractivity contribution is -0.660. The smallest absolute Gasteiger partial charge is 0.201 e. The van der Waals surface area contributed by atoms with Gasteiger partial charge in [-0.3, -0.25) is 0 Å². The fourth-order valence-electron chi connectivity index (χ4n) is 4.17. The molecule has 0 bridgehead atoms. The third-order valence-corrected chi connectivity index (χ3v) is 5.35. The van der Waals surface area contributed by atoms with Crippen LogP contribution in [0.25, 0.3) is 44.3 Å². The number of nitrogens with zero attached hydrogens (tertiary/aromatic N) is 1. The van der Waals surface area contributed by atoms with Crippen LogP contribution in [0.1, 0.15) is 15.2 Å². The molecule has 5 rings (SSSR count). The van der Waals surface area contributed by atoms with E-state index in [0.29, 0.717) is 5.56 Å². The highest BCUT2D eigenvalue weighted by Gasteiger charge is 2.25. The second kappa shape index (κ2) is 5.03. The lowest BCUT2D eigenvalue weighted by atomic mass is 9.93. The predicted octanol–water partition coefficient (Wildman–Crippen LogP) is 5.60. The van der Waals surface area contributed by atoms with Gasteiger partial charge in [0, 0.05) is 15.7 Å². The van der Waals surface area contributed by atoms with E-state index in [2.05, 4.69) is 55.5 Å². The zero-order valence-corrected chi connectivity index (χ0v) is 14.3. The van der Waals surface area contributed by atoms with Gasteiger partial charge >= 0.3 is 0 Å². The molecular formula is C24H20N+. The first kappa shape index (κ1) is 11.6. The molecule has 4 aromatic rings. The highest BCUT2D eigenvalue weighted by molar-refractivity contribution is 6.17. The number of benzene rings is 3. The van der Waals surface area contributed by atoms with E-state index in [1.165, 1.54) is 38.6 Å². The topological polar surface area (TPSA) is 3.88 Å². The first-order chi connectivity index (χ1) is 13.4. The Kier molecular flexibility index (Phi) is 2.33. The van der Waals surface area contributed by atoms with Gasteiger partial charge in [0.15, 0.2) is 6.20 Å². The number of aromatic nitrogens is 1. The fraction of sp³-hybridized carbons (Fsp3) is 0.125. The van der Waals surface area contributed by atoms with Crippen molar-refractivity contribution in [2.75, 3.05) is 0 Å². The number of pyridine rings is 1. The summed E-state index contributed by atoms with van der Waals surface area (Å²) in [4.78, 5) is 0. The van der Waals surface area contributed by atoms with Crippen molar-refractivity contribution in [2.24, 2.45) is 7.05 Å². The van der Waals surface area contributed by atoms with E-state index in [-0.39, 0.29) is 0 Å². The summed E-state index contributed by atoms with van der Waals surface area (Å²) in [7, 11) is 1.91. The number of rotatable bonds is 1. The molecular weight excluding hydrogens is 302 g/mol. The van der Waals surface area contributed by atoms with Crippen LogP contribution in [0, 0.1) is 13.8 Å². The first-order valence-corrected chi connectivity index (χ1v) is 8.53. The van der Waals surface area contributed by atoms with Crippen molar-refractivity contribution in [1.29, 1.82) is 0 Å². The molecule has 0 atom stereocenters. The van der Waals surface area contributed by atoms with E-state index >= 15 is 0 Å². The summed E-state index contributed by atoms with van der Waals surface area (Å²) < 4.78 is 24.9. The third-order valence-electron chi connectivity index (χ3n) is 5.35. The average molecular weight is 325 g/mol. The van der Waals surface area contributed by atoms with Crippen LogP contribution in [-0.2, 0) is 7.05 Å². The number of hydrogen-bond acceptors (Lipinski definition) is 0. The minimum Gasteiger partial charge on any atom is -0.201 e. The van der Waals surface area contributed by atoms with Crippen LogP contribution in [-0.4, -0.2) is 0 Å². The first-order valence-electron chi connectivity index (χ1n) is 10.0. The quantitative estimate of drug-likeness (QED) is 0.353. The van der Waals surface area contributed by atoms with Gasteiger partial charge in [-0.1, -0.05) is 42.5 Å². The molecule has 0 spiro atoms. The highest BCUT2D eigenvalue weighted by atomic mass is 14.9. The van der Waals surface area contributed by atoms with Crippen molar-refractivity contribution >= 4 is 10.8 Å². The Morgan fingerprint density at radius 2 is 1.56 bits per heavy atom. The summed E-state index contributed by atoms with van der Waals surface area (Å²) in [6.45, 7) is 0.0511. The van der Waals surface area contributed by atoms with Crippen molar-refractivity contribution in [3.8, 4) is 33.5 Å². The maximum Gasteiger partial charge on any atom is 0.212 e. The van der Waals surface area contributed by atoms with Crippen LogP contribution < -0.4 is 4.57 Å². The summed E-state index contributed by atoms with van der Waals surface area (Å²) in [6.07, 6.45) is 1.72. The molecule has 0 aliphatic heterocycles. The Morgan fingerprint density at radius 3 is 2.32 bits per heavy atom. The van der Waals surface area contributed by atoms with Crippen LogP contribution in [0.5, 0.6) is 0 Å². The van der Waals surface area contributed by atoms with Crippen molar-refractivity contribution in [1.82, 2.24) is 0 Å². The van der Waals surface area contributed by atoms with Gasteiger partial charge in [-0.2, -0.15) is 0 Å². The second-order valence-corrected chi connectivity index (χ2v) is 6.78. The Balaban J connectivity index is 1.81. The molecule has 1 nitrogen and oxygen atoms in total. The predicted molar refractivity (Wildman–Crippen MR) is 104 cm³/mol. The molecule has 1 heteroatoms. The molecule has 0 N–H and O–H groups in total. The molecule has 1 heterocycles. The lowest BCUT2D eigenvalue weighted by Gasteiger charge is -2.11. The van der Waals surface area contributed by atoms with E-state index in [0.717, 1.165) is 11.3 Å². The second-order valence-electron chi connectivity index (χ2n) is 6.78. The molecule has 1 aliphatic rings. The molecule has 0 radical (unpaired) electrons. The normalized spacial score (nSPS) is 14.1. The standard InChI is InChI=1S/C24H20N/c1-15-11-12-23(25(3)14-15)21-13-22-19-8-5-4-7-18(19)20-10-6-9-17(16(21)2)24(20)22/h4-14H,1-3H3/q+1/i1D3. The summed E-state index contributed by atoms with van der Waals surface area (Å²) in [5.41, 5.74) is 8.80. The van der Waals surface area contributed by atoms with Gasteiger partial charge in [0.1, 0.15) is 7.05 Å². The zero-order valence-electron chi connectivity index (χ0n) is 17.3. The third kappa shape index (κ3) is 1.93. The monoisotopic (exact) mass is 325 g/mol. The van der Waals surface area contributed by atoms with Crippen molar-refractivity contribution < 1.29 is 8.68 Å². The summed E-state index contributed by atoms with van der Waals surface area (Å²) in [5.74, 6) is 0. The van der Waals surface area contributed by atoms with Crippen LogP contribution in [0.2, 0.25) is 0 Å². The van der Waals surface area contributed by atoms with Gasteiger partial charge in [-0.05, 0) is 64.5 Å². The van der Waals surface area contributed by atoms with Crippen molar-refractivity contribution in [3.63, 3.8) is 0 Å². The molecule has 3 aromatic carbocycles. The highest BCUT2D eigenvalue weighted by Crippen LogP contribution is 2.49. The summed E-state index contributed by atoms with van der Waals surface area (Å²) in [5, 5.41) is 2.56. The molecule has 0 unspecified atom stereocenters. The molecule has 1 aromatic heterocycles. The van der Waals surface area contributed by atoms with Crippen LogP contribution in [0.3, 0.4) is 0 Å². The van der Waals surface area contributed by atoms with Crippen molar-refractivity contribution in [2.45, 2.75) is 13.8 Å². The minimum atomic E-state index is -2.10. The number of fused-ring (bicyclic) bond motifs is 3.